The van der Waals surface area contributed by atoms with Crippen molar-refractivity contribution < 1.29 is 13.9 Å². The van der Waals surface area contributed by atoms with Gasteiger partial charge in [-0.1, -0.05) is 6.92 Å². The Morgan fingerprint density at radius 3 is 3.00 bits per heavy atom. The largest absolute Gasteiger partial charge is 0.465 e. The molecule has 1 aliphatic rings. The molecule has 4 heteroatoms. The maximum atomic E-state index is 13.9. The second kappa shape index (κ2) is 4.84. The first-order valence-corrected chi connectivity index (χ1v) is 5.78. The first-order chi connectivity index (χ1) is 8.15. The third kappa shape index (κ3) is 2.31. The minimum absolute atomic E-state index is 0.278. The molecule has 2 rings (SSSR count). The van der Waals surface area contributed by atoms with Crippen LogP contribution in [0.25, 0.3) is 0 Å². The van der Waals surface area contributed by atoms with Crippen LogP contribution in [-0.4, -0.2) is 19.1 Å². The number of benzene rings is 1. The molecule has 0 saturated carbocycles. The molecule has 1 N–H and O–H groups in total. The van der Waals surface area contributed by atoms with Crippen LogP contribution in [0.4, 0.5) is 4.39 Å². The van der Waals surface area contributed by atoms with Crippen LogP contribution in [0, 0.1) is 5.82 Å². The minimum Gasteiger partial charge on any atom is -0.465 e. The number of rotatable bonds is 2. The van der Waals surface area contributed by atoms with E-state index in [-0.39, 0.29) is 11.4 Å². The van der Waals surface area contributed by atoms with Crippen molar-refractivity contribution >= 4 is 5.97 Å². The van der Waals surface area contributed by atoms with Gasteiger partial charge in [0.2, 0.25) is 0 Å². The summed E-state index contributed by atoms with van der Waals surface area (Å²) in [6.45, 7) is 2.68. The first-order valence-electron chi connectivity index (χ1n) is 5.78. The van der Waals surface area contributed by atoms with Crippen molar-refractivity contribution in [1.29, 1.82) is 0 Å². The standard InChI is InChI=1S/C13H16FNO2/c1-3-10-6-11-9(7-15-10)4-8(5-12(11)14)13(16)17-2/h4-5,10,15H,3,6-7H2,1-2H3/t10-/m0/s1. The highest BCUT2D eigenvalue weighted by atomic mass is 19.1. The van der Waals surface area contributed by atoms with Crippen LogP contribution in [0.3, 0.4) is 0 Å². The Balaban J connectivity index is 2.36. The second-order valence-corrected chi connectivity index (χ2v) is 4.28. The summed E-state index contributed by atoms with van der Waals surface area (Å²) in [4.78, 5) is 11.4. The predicted molar refractivity (Wildman–Crippen MR) is 62.4 cm³/mol. The molecule has 0 radical (unpaired) electrons. The van der Waals surface area contributed by atoms with Gasteiger partial charge in [0.15, 0.2) is 0 Å². The number of carbonyl (C=O) groups excluding carboxylic acids is 1. The molecule has 1 heterocycles. The van der Waals surface area contributed by atoms with Crippen molar-refractivity contribution in [3.63, 3.8) is 0 Å². The molecule has 0 fully saturated rings. The van der Waals surface area contributed by atoms with Crippen LogP contribution in [0.2, 0.25) is 0 Å². The van der Waals surface area contributed by atoms with Crippen molar-refractivity contribution in [2.45, 2.75) is 32.4 Å². The van der Waals surface area contributed by atoms with E-state index in [0.717, 1.165) is 17.5 Å². The molecule has 0 aromatic heterocycles. The summed E-state index contributed by atoms with van der Waals surface area (Å²) < 4.78 is 18.5. The van der Waals surface area contributed by atoms with Crippen molar-refractivity contribution in [3.8, 4) is 0 Å². The number of ether oxygens (including phenoxy) is 1. The van der Waals surface area contributed by atoms with Gasteiger partial charge >= 0.3 is 5.97 Å². The molecule has 0 amide bonds. The van der Waals surface area contributed by atoms with E-state index in [9.17, 15) is 9.18 Å². The van der Waals surface area contributed by atoms with Crippen LogP contribution >= 0.6 is 0 Å². The average Bonchev–Trinajstić information content (AvgIpc) is 2.37. The molecule has 92 valence electrons. The fourth-order valence-corrected chi connectivity index (χ4v) is 2.18. The molecule has 1 aromatic rings. The third-order valence-electron chi connectivity index (χ3n) is 3.23. The highest BCUT2D eigenvalue weighted by Crippen LogP contribution is 2.23. The number of methoxy groups -OCH3 is 1. The van der Waals surface area contributed by atoms with E-state index >= 15 is 0 Å². The normalized spacial score (nSPS) is 18.6. The van der Waals surface area contributed by atoms with E-state index in [0.29, 0.717) is 19.0 Å². The maximum Gasteiger partial charge on any atom is 0.337 e. The van der Waals surface area contributed by atoms with Gasteiger partial charge < -0.3 is 10.1 Å². The van der Waals surface area contributed by atoms with Gasteiger partial charge in [0, 0.05) is 12.6 Å². The highest BCUT2D eigenvalue weighted by molar-refractivity contribution is 5.89. The summed E-state index contributed by atoms with van der Waals surface area (Å²) in [7, 11) is 1.30. The van der Waals surface area contributed by atoms with Crippen molar-refractivity contribution in [3.05, 3.63) is 34.6 Å². The Kier molecular flexibility index (Phi) is 3.43. The average molecular weight is 237 g/mol. The van der Waals surface area contributed by atoms with E-state index < -0.39 is 5.97 Å². The third-order valence-corrected chi connectivity index (χ3v) is 3.23. The fourth-order valence-electron chi connectivity index (χ4n) is 2.18. The SMILES string of the molecule is CC[C@H]1Cc2c(F)cc(C(=O)OC)cc2CN1. The minimum atomic E-state index is -0.496. The lowest BCUT2D eigenvalue weighted by Gasteiger charge is -2.25. The summed E-state index contributed by atoms with van der Waals surface area (Å²) in [5.74, 6) is -0.799. The van der Waals surface area contributed by atoms with Crippen LogP contribution in [0.5, 0.6) is 0 Å². The molecule has 17 heavy (non-hydrogen) atoms. The van der Waals surface area contributed by atoms with Gasteiger partial charge in [0.05, 0.1) is 12.7 Å². The highest BCUT2D eigenvalue weighted by Gasteiger charge is 2.22. The van der Waals surface area contributed by atoms with Gasteiger partial charge in [-0.25, -0.2) is 9.18 Å². The van der Waals surface area contributed by atoms with Crippen molar-refractivity contribution in [2.75, 3.05) is 7.11 Å². The van der Waals surface area contributed by atoms with Crippen molar-refractivity contribution in [2.24, 2.45) is 0 Å². The van der Waals surface area contributed by atoms with Crippen LogP contribution in [0.15, 0.2) is 12.1 Å². The zero-order valence-corrected chi connectivity index (χ0v) is 10.0. The van der Waals surface area contributed by atoms with Crippen LogP contribution in [-0.2, 0) is 17.7 Å². The maximum absolute atomic E-state index is 13.9. The summed E-state index contributed by atoms with van der Waals surface area (Å²) in [6, 6.07) is 3.30. The van der Waals surface area contributed by atoms with Gasteiger partial charge in [-0.3, -0.25) is 0 Å². The number of esters is 1. The van der Waals surface area contributed by atoms with Crippen molar-refractivity contribution in [1.82, 2.24) is 5.32 Å². The topological polar surface area (TPSA) is 38.3 Å². The zero-order valence-electron chi connectivity index (χ0n) is 10.0. The Bertz CT molecular complexity index is 445. The number of fused-ring (bicyclic) bond motifs is 1. The van der Waals surface area contributed by atoms with Gasteiger partial charge in [0.1, 0.15) is 5.82 Å². The Morgan fingerprint density at radius 2 is 2.35 bits per heavy atom. The number of nitrogens with one attached hydrogen (secondary N) is 1. The lowest BCUT2D eigenvalue weighted by molar-refractivity contribution is 0.0600. The molecule has 0 saturated heterocycles. The van der Waals surface area contributed by atoms with Gasteiger partial charge in [-0.2, -0.15) is 0 Å². The zero-order chi connectivity index (χ0) is 12.4. The monoisotopic (exact) mass is 237 g/mol. The van der Waals surface area contributed by atoms with E-state index in [2.05, 4.69) is 17.0 Å². The Hall–Kier alpha value is -1.42. The van der Waals surface area contributed by atoms with Gasteiger partial charge in [0.25, 0.3) is 0 Å². The number of hydrogen-bond donors (Lipinski definition) is 1. The molecule has 3 nitrogen and oxygen atoms in total. The van der Waals surface area contributed by atoms with Gasteiger partial charge in [-0.05, 0) is 36.1 Å². The fraction of sp³-hybridized carbons (Fsp3) is 0.462. The number of halogens is 1. The Labute approximate surface area is 100.0 Å². The molecule has 0 unspecified atom stereocenters. The number of hydrogen-bond acceptors (Lipinski definition) is 3. The molecule has 0 bridgehead atoms. The summed E-state index contributed by atoms with van der Waals surface area (Å²) in [5.41, 5.74) is 1.86. The predicted octanol–water partition coefficient (Wildman–Crippen LogP) is 2.04. The lowest BCUT2D eigenvalue weighted by Crippen LogP contribution is -2.35. The molecular weight excluding hydrogens is 221 g/mol. The lowest BCUT2D eigenvalue weighted by atomic mass is 9.92. The van der Waals surface area contributed by atoms with Crippen LogP contribution < -0.4 is 5.32 Å². The van der Waals surface area contributed by atoms with Crippen LogP contribution in [0.1, 0.15) is 34.8 Å². The van der Waals surface area contributed by atoms with Gasteiger partial charge in [-0.15, -0.1) is 0 Å². The van der Waals surface area contributed by atoms with E-state index in [4.69, 9.17) is 0 Å². The summed E-state index contributed by atoms with van der Waals surface area (Å²) >= 11 is 0. The Morgan fingerprint density at radius 1 is 1.59 bits per heavy atom. The second-order valence-electron chi connectivity index (χ2n) is 4.28. The molecule has 1 aliphatic heterocycles. The van der Waals surface area contributed by atoms with E-state index in [1.54, 1.807) is 6.07 Å². The summed E-state index contributed by atoms with van der Waals surface area (Å²) in [6.07, 6.45) is 1.65. The molecule has 0 spiro atoms. The van der Waals surface area contributed by atoms with E-state index in [1.165, 1.54) is 13.2 Å². The smallest absolute Gasteiger partial charge is 0.337 e. The molecule has 1 atom stereocenters. The van der Waals surface area contributed by atoms with E-state index in [1.807, 2.05) is 0 Å². The number of carbonyl (C=O) groups is 1. The molecule has 1 aromatic carbocycles. The quantitative estimate of drug-likeness (QED) is 0.800. The summed E-state index contributed by atoms with van der Waals surface area (Å²) in [5, 5.41) is 3.32. The molecular formula is C13H16FNO2. The molecule has 0 aliphatic carbocycles. The first kappa shape index (κ1) is 12.0.